The lowest BCUT2D eigenvalue weighted by Gasteiger charge is -2.18. The number of pyridine rings is 1. The standard InChI is InChI=1S/C16H24N2O4S/c1-3-20-14(21-4-2)10-18-15(19)13-6-5-8-17-16(13)22-12-7-9-23-11-12/h5-6,8,12,14H,3-4,7,9-11H2,1-2H3,(H,18,19). The van der Waals surface area contributed by atoms with E-state index in [0.29, 0.717) is 24.7 Å². The minimum Gasteiger partial charge on any atom is -0.473 e. The lowest BCUT2D eigenvalue weighted by molar-refractivity contribution is -0.131. The van der Waals surface area contributed by atoms with Crippen molar-refractivity contribution in [2.45, 2.75) is 32.7 Å². The van der Waals surface area contributed by atoms with Crippen molar-refractivity contribution in [1.82, 2.24) is 10.3 Å². The largest absolute Gasteiger partial charge is 0.473 e. The van der Waals surface area contributed by atoms with Crippen LogP contribution < -0.4 is 10.1 Å². The van der Waals surface area contributed by atoms with Crippen molar-refractivity contribution in [2.75, 3.05) is 31.3 Å². The van der Waals surface area contributed by atoms with E-state index < -0.39 is 6.29 Å². The van der Waals surface area contributed by atoms with Gasteiger partial charge in [0.2, 0.25) is 5.88 Å². The molecule has 1 aromatic heterocycles. The Morgan fingerprint density at radius 3 is 2.87 bits per heavy atom. The van der Waals surface area contributed by atoms with Crippen LogP contribution in [0.4, 0.5) is 0 Å². The summed E-state index contributed by atoms with van der Waals surface area (Å²) in [5.41, 5.74) is 0.441. The second-order valence-corrected chi connectivity index (χ2v) is 6.16. The topological polar surface area (TPSA) is 69.7 Å². The molecule has 1 aromatic rings. The molecule has 0 radical (unpaired) electrons. The molecule has 1 atom stereocenters. The number of hydrogen-bond acceptors (Lipinski definition) is 6. The third kappa shape index (κ3) is 5.67. The van der Waals surface area contributed by atoms with Crippen LogP contribution in [-0.2, 0) is 9.47 Å². The van der Waals surface area contributed by atoms with Crippen molar-refractivity contribution in [3.63, 3.8) is 0 Å². The van der Waals surface area contributed by atoms with Crippen molar-refractivity contribution < 1.29 is 19.0 Å². The number of thioether (sulfide) groups is 1. The molecule has 1 saturated heterocycles. The van der Waals surface area contributed by atoms with Crippen molar-refractivity contribution in [3.8, 4) is 5.88 Å². The number of nitrogens with one attached hydrogen (secondary N) is 1. The Hall–Kier alpha value is -1.31. The average Bonchev–Trinajstić information content (AvgIpc) is 3.06. The highest BCUT2D eigenvalue weighted by molar-refractivity contribution is 7.99. The minimum absolute atomic E-state index is 0.126. The molecule has 1 unspecified atom stereocenters. The fraction of sp³-hybridized carbons (Fsp3) is 0.625. The van der Waals surface area contributed by atoms with Crippen LogP contribution in [0.3, 0.4) is 0 Å². The van der Waals surface area contributed by atoms with Crippen LogP contribution in [-0.4, -0.2) is 54.5 Å². The highest BCUT2D eigenvalue weighted by atomic mass is 32.2. The number of ether oxygens (including phenoxy) is 3. The van der Waals surface area contributed by atoms with Gasteiger partial charge < -0.3 is 19.5 Å². The second-order valence-electron chi connectivity index (χ2n) is 5.01. The fourth-order valence-corrected chi connectivity index (χ4v) is 3.32. The second kappa shape index (κ2) is 9.75. The summed E-state index contributed by atoms with van der Waals surface area (Å²) in [7, 11) is 0. The highest BCUT2D eigenvalue weighted by Gasteiger charge is 2.21. The number of carbonyl (C=O) groups excluding carboxylic acids is 1. The quantitative estimate of drug-likeness (QED) is 0.694. The molecule has 1 amide bonds. The number of aromatic nitrogens is 1. The first-order chi connectivity index (χ1) is 11.2. The summed E-state index contributed by atoms with van der Waals surface area (Å²) in [6.45, 7) is 5.12. The van der Waals surface area contributed by atoms with Crippen molar-refractivity contribution in [2.24, 2.45) is 0 Å². The summed E-state index contributed by atoms with van der Waals surface area (Å²) in [6.07, 6.45) is 2.30. The Bertz CT molecular complexity index is 489. The summed E-state index contributed by atoms with van der Waals surface area (Å²) in [4.78, 5) is 16.6. The van der Waals surface area contributed by atoms with Gasteiger partial charge in [-0.25, -0.2) is 4.98 Å². The van der Waals surface area contributed by atoms with Gasteiger partial charge in [-0.3, -0.25) is 4.79 Å². The van der Waals surface area contributed by atoms with E-state index in [9.17, 15) is 4.79 Å². The number of nitrogens with zero attached hydrogens (tertiary/aromatic N) is 1. The molecule has 2 heterocycles. The summed E-state index contributed by atoms with van der Waals surface area (Å²) in [5.74, 6) is 2.18. The van der Waals surface area contributed by atoms with E-state index in [4.69, 9.17) is 14.2 Å². The number of hydrogen-bond donors (Lipinski definition) is 1. The summed E-state index contributed by atoms with van der Waals surface area (Å²) in [6, 6.07) is 3.45. The molecule has 0 aromatic carbocycles. The minimum atomic E-state index is -0.443. The SMILES string of the molecule is CCOC(CNC(=O)c1cccnc1OC1CCSC1)OCC. The Morgan fingerprint density at radius 1 is 1.43 bits per heavy atom. The maximum atomic E-state index is 12.4. The predicted octanol–water partition coefficient (Wildman–Crippen LogP) is 2.09. The normalized spacial score (nSPS) is 17.4. The first-order valence-corrected chi connectivity index (χ1v) is 9.10. The van der Waals surface area contributed by atoms with Gasteiger partial charge in [-0.2, -0.15) is 11.8 Å². The van der Waals surface area contributed by atoms with Gasteiger partial charge in [0.25, 0.3) is 5.91 Å². The van der Waals surface area contributed by atoms with Crippen LogP contribution in [0.15, 0.2) is 18.3 Å². The Balaban J connectivity index is 1.95. The van der Waals surface area contributed by atoms with Gasteiger partial charge in [0, 0.05) is 25.2 Å². The molecule has 0 bridgehead atoms. The predicted molar refractivity (Wildman–Crippen MR) is 90.0 cm³/mol. The molecule has 1 aliphatic heterocycles. The average molecular weight is 340 g/mol. The van der Waals surface area contributed by atoms with Crippen molar-refractivity contribution in [1.29, 1.82) is 0 Å². The Morgan fingerprint density at radius 2 is 2.22 bits per heavy atom. The zero-order chi connectivity index (χ0) is 16.5. The van der Waals surface area contributed by atoms with Gasteiger partial charge in [0.15, 0.2) is 6.29 Å². The first kappa shape index (κ1) is 18.0. The molecule has 2 rings (SSSR count). The van der Waals surface area contributed by atoms with Gasteiger partial charge in [0.1, 0.15) is 11.7 Å². The summed E-state index contributed by atoms with van der Waals surface area (Å²) in [5, 5.41) is 2.82. The highest BCUT2D eigenvalue weighted by Crippen LogP contribution is 2.24. The lowest BCUT2D eigenvalue weighted by Crippen LogP contribution is -2.35. The van der Waals surface area contributed by atoms with E-state index in [2.05, 4.69) is 10.3 Å². The van der Waals surface area contributed by atoms with Crippen LogP contribution in [0.25, 0.3) is 0 Å². The number of amides is 1. The molecule has 1 aliphatic rings. The third-order valence-corrected chi connectivity index (χ3v) is 4.45. The van der Waals surface area contributed by atoms with Crippen LogP contribution in [0, 0.1) is 0 Å². The number of rotatable bonds is 9. The maximum Gasteiger partial charge on any atom is 0.256 e. The first-order valence-electron chi connectivity index (χ1n) is 7.95. The van der Waals surface area contributed by atoms with Gasteiger partial charge in [-0.15, -0.1) is 0 Å². The van der Waals surface area contributed by atoms with Gasteiger partial charge in [0.05, 0.1) is 6.54 Å². The summed E-state index contributed by atoms with van der Waals surface area (Å²) < 4.78 is 16.7. The molecule has 7 heteroatoms. The van der Waals surface area contributed by atoms with Gasteiger partial charge >= 0.3 is 0 Å². The van der Waals surface area contributed by atoms with Crippen molar-refractivity contribution in [3.05, 3.63) is 23.9 Å². The van der Waals surface area contributed by atoms with E-state index in [0.717, 1.165) is 17.9 Å². The van der Waals surface area contributed by atoms with E-state index >= 15 is 0 Å². The molecule has 1 N–H and O–H groups in total. The van der Waals surface area contributed by atoms with Crippen LogP contribution in [0.1, 0.15) is 30.6 Å². The van der Waals surface area contributed by atoms with Crippen LogP contribution >= 0.6 is 11.8 Å². The van der Waals surface area contributed by atoms with E-state index in [1.165, 1.54) is 0 Å². The van der Waals surface area contributed by atoms with E-state index in [1.54, 1.807) is 18.3 Å². The summed E-state index contributed by atoms with van der Waals surface area (Å²) >= 11 is 1.85. The van der Waals surface area contributed by atoms with Gasteiger partial charge in [-0.05, 0) is 38.2 Å². The lowest BCUT2D eigenvalue weighted by atomic mass is 10.2. The molecule has 128 valence electrons. The molecule has 0 saturated carbocycles. The van der Waals surface area contributed by atoms with Crippen LogP contribution in [0.2, 0.25) is 0 Å². The smallest absolute Gasteiger partial charge is 0.256 e. The molecule has 23 heavy (non-hydrogen) atoms. The molecular weight excluding hydrogens is 316 g/mol. The zero-order valence-electron chi connectivity index (χ0n) is 13.6. The Kier molecular flexibility index (Phi) is 7.64. The van der Waals surface area contributed by atoms with E-state index in [-0.39, 0.29) is 18.6 Å². The van der Waals surface area contributed by atoms with Crippen molar-refractivity contribution >= 4 is 17.7 Å². The monoisotopic (exact) mass is 340 g/mol. The molecule has 6 nitrogen and oxygen atoms in total. The molecular formula is C16H24N2O4S. The number of carbonyl (C=O) groups is 1. The van der Waals surface area contributed by atoms with Gasteiger partial charge in [-0.1, -0.05) is 0 Å². The molecule has 0 spiro atoms. The molecule has 0 aliphatic carbocycles. The fourth-order valence-electron chi connectivity index (χ4n) is 2.23. The molecule has 1 fully saturated rings. The third-order valence-electron chi connectivity index (χ3n) is 3.32. The van der Waals surface area contributed by atoms with Crippen LogP contribution in [0.5, 0.6) is 5.88 Å². The Labute approximate surface area is 141 Å². The maximum absolute atomic E-state index is 12.4. The van der Waals surface area contributed by atoms with E-state index in [1.807, 2.05) is 25.6 Å². The zero-order valence-corrected chi connectivity index (χ0v) is 14.4.